The molecule has 0 unspecified atom stereocenters. The molecule has 0 aromatic carbocycles. The van der Waals surface area contributed by atoms with Gasteiger partial charge in [-0.05, 0) is 13.0 Å². The molecule has 0 bridgehead atoms. The number of hydrogen-bond acceptors (Lipinski definition) is 5. The molecule has 1 aromatic rings. The third-order valence-corrected chi connectivity index (χ3v) is 2.37. The molecule has 3 N–H and O–H groups in total. The highest BCUT2D eigenvalue weighted by atomic mass is 16.2. The third kappa shape index (κ3) is 5.96. The van der Waals surface area contributed by atoms with E-state index < -0.39 is 6.03 Å². The summed E-state index contributed by atoms with van der Waals surface area (Å²) in [6.07, 6.45) is 3.03. The van der Waals surface area contributed by atoms with Crippen LogP contribution in [0.4, 0.5) is 4.79 Å². The molecule has 0 saturated heterocycles. The van der Waals surface area contributed by atoms with Gasteiger partial charge in [-0.25, -0.2) is 4.79 Å². The van der Waals surface area contributed by atoms with Gasteiger partial charge in [0.15, 0.2) is 0 Å². The molecule has 1 aromatic heterocycles. The number of imide groups is 1. The van der Waals surface area contributed by atoms with Gasteiger partial charge in [0, 0.05) is 26.2 Å². The summed E-state index contributed by atoms with van der Waals surface area (Å²) < 4.78 is 1.59. The molecule has 8 nitrogen and oxygen atoms in total. The summed E-state index contributed by atoms with van der Waals surface area (Å²) in [5, 5.41) is 15.6. The zero-order chi connectivity index (χ0) is 14.1. The normalized spacial score (nSPS) is 10.2. The van der Waals surface area contributed by atoms with Crippen LogP contribution in [0, 0.1) is 0 Å². The minimum atomic E-state index is -0.506. The zero-order valence-corrected chi connectivity index (χ0v) is 11.3. The van der Waals surface area contributed by atoms with Crippen LogP contribution in [0.25, 0.3) is 0 Å². The number of aryl methyl sites for hydroxylation is 1. The molecule has 3 amide bonds. The summed E-state index contributed by atoms with van der Waals surface area (Å²) in [6, 6.07) is -0.506. The van der Waals surface area contributed by atoms with Crippen molar-refractivity contribution in [3.63, 3.8) is 0 Å². The van der Waals surface area contributed by atoms with E-state index in [4.69, 9.17) is 0 Å². The maximum atomic E-state index is 11.4. The van der Waals surface area contributed by atoms with Gasteiger partial charge >= 0.3 is 6.03 Å². The molecule has 0 radical (unpaired) electrons. The van der Waals surface area contributed by atoms with Crippen LogP contribution in [-0.4, -0.2) is 40.5 Å². The maximum absolute atomic E-state index is 11.4. The number of nitrogens with one attached hydrogen (secondary N) is 3. The Hall–Kier alpha value is -1.96. The molecule has 0 aliphatic heterocycles. The fraction of sp³-hybridized carbons (Fsp3) is 0.636. The highest BCUT2D eigenvalue weighted by Crippen LogP contribution is 1.95. The molecule has 106 valence electrons. The van der Waals surface area contributed by atoms with Crippen molar-refractivity contribution < 1.29 is 9.59 Å². The standard InChI is InChI=1S/C11H20N6O2/c1-3-5-13-7-9-8-17(16-15-9)6-4-10(18)14-11(19)12-2/h8,13H,3-7H2,1-2H3,(H2,12,14,18,19). The van der Waals surface area contributed by atoms with Gasteiger partial charge in [-0.1, -0.05) is 12.1 Å². The topological polar surface area (TPSA) is 101 Å². The smallest absolute Gasteiger partial charge is 0.321 e. The number of carbonyl (C=O) groups excluding carboxylic acids is 2. The number of carbonyl (C=O) groups is 2. The molecule has 0 saturated carbocycles. The van der Waals surface area contributed by atoms with E-state index in [1.807, 2.05) is 0 Å². The second kappa shape index (κ2) is 8.20. The lowest BCUT2D eigenvalue weighted by molar-refractivity contribution is -0.120. The summed E-state index contributed by atoms with van der Waals surface area (Å²) in [7, 11) is 1.45. The summed E-state index contributed by atoms with van der Waals surface area (Å²) in [4.78, 5) is 22.3. The van der Waals surface area contributed by atoms with Crippen LogP contribution in [0.1, 0.15) is 25.5 Å². The van der Waals surface area contributed by atoms with E-state index in [1.165, 1.54) is 7.05 Å². The maximum Gasteiger partial charge on any atom is 0.321 e. The van der Waals surface area contributed by atoms with E-state index in [1.54, 1.807) is 10.9 Å². The lowest BCUT2D eigenvalue weighted by Crippen LogP contribution is -2.37. The molecule has 1 rings (SSSR count). The Bertz CT molecular complexity index is 417. The fourth-order valence-electron chi connectivity index (χ4n) is 1.39. The Balaban J connectivity index is 2.29. The fourth-order valence-corrected chi connectivity index (χ4v) is 1.39. The Labute approximate surface area is 111 Å². The van der Waals surface area contributed by atoms with Crippen molar-refractivity contribution in [2.45, 2.75) is 32.9 Å². The van der Waals surface area contributed by atoms with Crippen molar-refractivity contribution in [2.24, 2.45) is 0 Å². The minimum Gasteiger partial charge on any atom is -0.341 e. The quantitative estimate of drug-likeness (QED) is 0.585. The van der Waals surface area contributed by atoms with Gasteiger partial charge in [-0.3, -0.25) is 14.8 Å². The summed E-state index contributed by atoms with van der Waals surface area (Å²) in [6.45, 7) is 4.08. The first-order valence-corrected chi connectivity index (χ1v) is 6.27. The zero-order valence-electron chi connectivity index (χ0n) is 11.3. The summed E-state index contributed by atoms with van der Waals surface area (Å²) in [5.74, 6) is -0.347. The van der Waals surface area contributed by atoms with Crippen LogP contribution in [-0.2, 0) is 17.9 Å². The number of rotatable bonds is 7. The van der Waals surface area contributed by atoms with Crippen molar-refractivity contribution in [1.82, 2.24) is 30.9 Å². The molecule has 8 heteroatoms. The molecule has 0 aliphatic carbocycles. The van der Waals surface area contributed by atoms with E-state index in [9.17, 15) is 9.59 Å². The second-order valence-corrected chi connectivity index (χ2v) is 4.03. The van der Waals surface area contributed by atoms with E-state index in [0.717, 1.165) is 18.7 Å². The summed E-state index contributed by atoms with van der Waals surface area (Å²) >= 11 is 0. The van der Waals surface area contributed by atoms with Gasteiger partial charge in [0.1, 0.15) is 0 Å². The van der Waals surface area contributed by atoms with Crippen molar-refractivity contribution in [3.05, 3.63) is 11.9 Å². The first-order valence-electron chi connectivity index (χ1n) is 6.27. The molecule has 0 spiro atoms. The van der Waals surface area contributed by atoms with E-state index >= 15 is 0 Å². The Morgan fingerprint density at radius 3 is 2.89 bits per heavy atom. The highest BCUT2D eigenvalue weighted by molar-refractivity contribution is 5.94. The van der Waals surface area contributed by atoms with E-state index in [-0.39, 0.29) is 12.3 Å². The van der Waals surface area contributed by atoms with Crippen molar-refractivity contribution in [1.29, 1.82) is 0 Å². The van der Waals surface area contributed by atoms with Gasteiger partial charge in [-0.2, -0.15) is 0 Å². The third-order valence-electron chi connectivity index (χ3n) is 2.37. The van der Waals surface area contributed by atoms with Crippen LogP contribution < -0.4 is 16.0 Å². The SMILES string of the molecule is CCCNCc1cn(CCC(=O)NC(=O)NC)nn1. The van der Waals surface area contributed by atoms with Crippen molar-refractivity contribution >= 4 is 11.9 Å². The molecule has 19 heavy (non-hydrogen) atoms. The molecule has 0 atom stereocenters. The van der Waals surface area contributed by atoms with Gasteiger partial charge in [0.25, 0.3) is 0 Å². The molecule has 1 heterocycles. The van der Waals surface area contributed by atoms with Crippen molar-refractivity contribution in [2.75, 3.05) is 13.6 Å². The number of aromatic nitrogens is 3. The first-order chi connectivity index (χ1) is 9.15. The monoisotopic (exact) mass is 268 g/mol. The molecule has 0 aliphatic rings. The number of nitrogens with zero attached hydrogens (tertiary/aromatic N) is 3. The van der Waals surface area contributed by atoms with E-state index in [0.29, 0.717) is 13.1 Å². The van der Waals surface area contributed by atoms with Gasteiger partial charge < -0.3 is 10.6 Å². The second-order valence-electron chi connectivity index (χ2n) is 4.03. The Kier molecular flexibility index (Phi) is 6.51. The van der Waals surface area contributed by atoms with Crippen LogP contribution >= 0.6 is 0 Å². The highest BCUT2D eigenvalue weighted by Gasteiger charge is 2.07. The Morgan fingerprint density at radius 1 is 1.42 bits per heavy atom. The lowest BCUT2D eigenvalue weighted by atomic mass is 10.4. The molecular formula is C11H20N6O2. The summed E-state index contributed by atoms with van der Waals surface area (Å²) in [5.41, 5.74) is 0.833. The predicted octanol–water partition coefficient (Wildman–Crippen LogP) is -0.377. The molecule has 0 fully saturated rings. The largest absolute Gasteiger partial charge is 0.341 e. The van der Waals surface area contributed by atoms with Gasteiger partial charge in [0.05, 0.1) is 12.2 Å². The van der Waals surface area contributed by atoms with Gasteiger partial charge in [-0.15, -0.1) is 5.10 Å². The van der Waals surface area contributed by atoms with Gasteiger partial charge in [0.2, 0.25) is 5.91 Å². The van der Waals surface area contributed by atoms with Crippen LogP contribution in [0.5, 0.6) is 0 Å². The van der Waals surface area contributed by atoms with Crippen molar-refractivity contribution in [3.8, 4) is 0 Å². The minimum absolute atomic E-state index is 0.179. The number of hydrogen-bond donors (Lipinski definition) is 3. The molecular weight excluding hydrogens is 248 g/mol. The van der Waals surface area contributed by atoms with Crippen LogP contribution in [0.2, 0.25) is 0 Å². The Morgan fingerprint density at radius 2 is 2.21 bits per heavy atom. The van der Waals surface area contributed by atoms with E-state index in [2.05, 4.69) is 33.2 Å². The van der Waals surface area contributed by atoms with Crippen LogP contribution in [0.15, 0.2) is 6.20 Å². The lowest BCUT2D eigenvalue weighted by Gasteiger charge is -2.02. The average molecular weight is 268 g/mol. The van der Waals surface area contributed by atoms with Crippen LogP contribution in [0.3, 0.4) is 0 Å². The average Bonchev–Trinajstić information content (AvgIpc) is 2.84. The first kappa shape index (κ1) is 15.1. The predicted molar refractivity (Wildman–Crippen MR) is 69.2 cm³/mol. The number of urea groups is 1. The number of amides is 3.